The predicted molar refractivity (Wildman–Crippen MR) is 66.9 cm³/mol. The molecule has 1 unspecified atom stereocenters. The highest BCUT2D eigenvalue weighted by molar-refractivity contribution is 5.79. The summed E-state index contributed by atoms with van der Waals surface area (Å²) in [6, 6.07) is 1.69. The number of rotatable bonds is 4. The van der Waals surface area contributed by atoms with Crippen molar-refractivity contribution in [3.8, 4) is 0 Å². The lowest BCUT2D eigenvalue weighted by molar-refractivity contribution is 0.0689. The van der Waals surface area contributed by atoms with Crippen molar-refractivity contribution in [1.29, 1.82) is 0 Å². The fourth-order valence-electron chi connectivity index (χ4n) is 2.31. The van der Waals surface area contributed by atoms with Gasteiger partial charge in [0.2, 0.25) is 0 Å². The summed E-state index contributed by atoms with van der Waals surface area (Å²) in [7, 11) is 0. The summed E-state index contributed by atoms with van der Waals surface area (Å²) >= 11 is 0. The van der Waals surface area contributed by atoms with Gasteiger partial charge in [-0.15, -0.1) is 4.74 Å². The molecule has 1 N–H and O–H groups in total. The number of hydrogen-bond donors (Lipinski definition) is 1. The standard InChI is InChI=1S/C12H19N3O3/c1-3-14(10-4-5-13-7-10)8-12(17)15-11(16)6-9(2)18-15/h6,10,13H,3-5,7-8H2,1-2H3. The van der Waals surface area contributed by atoms with E-state index in [0.29, 0.717) is 11.8 Å². The second-order valence-electron chi connectivity index (χ2n) is 4.58. The van der Waals surface area contributed by atoms with Crippen LogP contribution in [0, 0.1) is 6.92 Å². The van der Waals surface area contributed by atoms with Crippen LogP contribution < -0.4 is 10.9 Å². The minimum atomic E-state index is -0.391. The van der Waals surface area contributed by atoms with Crippen molar-refractivity contribution < 1.29 is 9.32 Å². The third-order valence-electron chi connectivity index (χ3n) is 3.28. The Morgan fingerprint density at radius 3 is 2.94 bits per heavy atom. The van der Waals surface area contributed by atoms with Crippen molar-refractivity contribution in [2.75, 3.05) is 26.2 Å². The fourth-order valence-corrected chi connectivity index (χ4v) is 2.31. The number of aryl methyl sites for hydroxylation is 1. The van der Waals surface area contributed by atoms with Crippen molar-refractivity contribution in [3.63, 3.8) is 0 Å². The Hall–Kier alpha value is -1.40. The third-order valence-corrected chi connectivity index (χ3v) is 3.28. The number of hydrogen-bond acceptors (Lipinski definition) is 5. The molecule has 0 aliphatic carbocycles. The van der Waals surface area contributed by atoms with Gasteiger partial charge in [0.25, 0.3) is 11.5 Å². The van der Waals surface area contributed by atoms with Crippen molar-refractivity contribution in [2.45, 2.75) is 26.3 Å². The van der Waals surface area contributed by atoms with Crippen molar-refractivity contribution >= 4 is 5.91 Å². The van der Waals surface area contributed by atoms with Gasteiger partial charge in [0.15, 0.2) is 0 Å². The van der Waals surface area contributed by atoms with Crippen LogP contribution >= 0.6 is 0 Å². The van der Waals surface area contributed by atoms with Gasteiger partial charge in [-0.25, -0.2) is 0 Å². The molecule has 1 aromatic heterocycles. The lowest BCUT2D eigenvalue weighted by atomic mass is 10.2. The molecular weight excluding hydrogens is 234 g/mol. The van der Waals surface area contributed by atoms with Crippen LogP contribution in [0.2, 0.25) is 0 Å². The highest BCUT2D eigenvalue weighted by Gasteiger charge is 2.24. The molecule has 1 aromatic rings. The highest BCUT2D eigenvalue weighted by Crippen LogP contribution is 2.08. The SMILES string of the molecule is CCN(CC(=O)n1oc(C)cc1=O)C1CCNC1. The molecule has 2 heterocycles. The second-order valence-corrected chi connectivity index (χ2v) is 4.58. The van der Waals surface area contributed by atoms with E-state index in [4.69, 9.17) is 4.52 Å². The molecule has 0 saturated carbocycles. The summed E-state index contributed by atoms with van der Waals surface area (Å²) < 4.78 is 5.94. The summed E-state index contributed by atoms with van der Waals surface area (Å²) in [6.45, 7) is 6.55. The molecular formula is C12H19N3O3. The van der Waals surface area contributed by atoms with Gasteiger partial charge in [-0.3, -0.25) is 14.5 Å². The monoisotopic (exact) mass is 253 g/mol. The van der Waals surface area contributed by atoms with E-state index in [0.717, 1.165) is 30.8 Å². The fraction of sp³-hybridized carbons (Fsp3) is 0.667. The van der Waals surface area contributed by atoms with E-state index in [1.165, 1.54) is 6.07 Å². The Morgan fingerprint density at radius 2 is 2.44 bits per heavy atom. The van der Waals surface area contributed by atoms with Gasteiger partial charge in [0.1, 0.15) is 5.76 Å². The van der Waals surface area contributed by atoms with E-state index in [-0.39, 0.29) is 12.5 Å². The van der Waals surface area contributed by atoms with Crippen molar-refractivity contribution in [1.82, 2.24) is 15.0 Å². The van der Waals surface area contributed by atoms with Crippen LogP contribution in [0.1, 0.15) is 23.9 Å². The molecule has 1 fully saturated rings. The van der Waals surface area contributed by atoms with Gasteiger partial charge < -0.3 is 9.84 Å². The molecule has 0 aromatic carbocycles. The largest absolute Gasteiger partial charge is 0.373 e. The van der Waals surface area contributed by atoms with E-state index in [2.05, 4.69) is 10.2 Å². The summed E-state index contributed by atoms with van der Waals surface area (Å²) in [6.07, 6.45) is 1.03. The maximum absolute atomic E-state index is 12.0. The topological polar surface area (TPSA) is 67.5 Å². The number of nitrogens with one attached hydrogen (secondary N) is 1. The molecule has 0 amide bonds. The smallest absolute Gasteiger partial charge is 0.290 e. The zero-order valence-electron chi connectivity index (χ0n) is 10.8. The van der Waals surface area contributed by atoms with Crippen LogP contribution in [0.5, 0.6) is 0 Å². The zero-order chi connectivity index (χ0) is 13.1. The first kappa shape index (κ1) is 13.0. The van der Waals surface area contributed by atoms with Crippen LogP contribution in [0.15, 0.2) is 15.4 Å². The molecule has 100 valence electrons. The van der Waals surface area contributed by atoms with E-state index >= 15 is 0 Å². The van der Waals surface area contributed by atoms with E-state index in [1.807, 2.05) is 6.92 Å². The van der Waals surface area contributed by atoms with Gasteiger partial charge in [0, 0.05) is 18.7 Å². The van der Waals surface area contributed by atoms with Crippen LogP contribution in [-0.2, 0) is 0 Å². The van der Waals surface area contributed by atoms with E-state index in [1.54, 1.807) is 6.92 Å². The molecule has 18 heavy (non-hydrogen) atoms. The van der Waals surface area contributed by atoms with Crippen molar-refractivity contribution in [3.05, 3.63) is 22.2 Å². The number of aromatic nitrogens is 1. The molecule has 0 bridgehead atoms. The third kappa shape index (κ3) is 2.70. The molecule has 0 spiro atoms. The Labute approximate surface area is 106 Å². The minimum absolute atomic E-state index is 0.218. The second kappa shape index (κ2) is 5.49. The van der Waals surface area contributed by atoms with Crippen LogP contribution in [0.3, 0.4) is 0 Å². The zero-order valence-corrected chi connectivity index (χ0v) is 10.8. The molecule has 6 nitrogen and oxygen atoms in total. The molecule has 1 aliphatic heterocycles. The highest BCUT2D eigenvalue weighted by atomic mass is 16.5. The van der Waals surface area contributed by atoms with Gasteiger partial charge >= 0.3 is 0 Å². The number of likely N-dealkylation sites (N-methyl/N-ethyl adjacent to an activating group) is 1. The lowest BCUT2D eigenvalue weighted by Gasteiger charge is -2.25. The van der Waals surface area contributed by atoms with Crippen LogP contribution in [-0.4, -0.2) is 47.8 Å². The van der Waals surface area contributed by atoms with E-state index < -0.39 is 5.56 Å². The van der Waals surface area contributed by atoms with Crippen LogP contribution in [0.4, 0.5) is 0 Å². The quantitative estimate of drug-likeness (QED) is 0.822. The average Bonchev–Trinajstić information content (AvgIpc) is 2.95. The Balaban J connectivity index is 2.05. The first-order valence-electron chi connectivity index (χ1n) is 6.29. The number of nitrogens with zero attached hydrogens (tertiary/aromatic N) is 2. The first-order chi connectivity index (χ1) is 8.61. The molecule has 6 heteroatoms. The Bertz CT molecular complexity index is 471. The maximum Gasteiger partial charge on any atom is 0.290 e. The summed E-state index contributed by atoms with van der Waals surface area (Å²) in [5, 5.41) is 3.27. The van der Waals surface area contributed by atoms with Crippen molar-refractivity contribution in [2.24, 2.45) is 0 Å². The average molecular weight is 253 g/mol. The molecule has 1 atom stereocenters. The molecule has 1 saturated heterocycles. The van der Waals surface area contributed by atoms with Gasteiger partial charge in [-0.1, -0.05) is 6.92 Å². The summed E-state index contributed by atoms with van der Waals surface area (Å²) in [4.78, 5) is 25.6. The Morgan fingerprint density at radius 1 is 1.67 bits per heavy atom. The predicted octanol–water partition coefficient (Wildman–Crippen LogP) is 0.0737. The molecule has 0 radical (unpaired) electrons. The summed E-state index contributed by atoms with van der Waals surface area (Å²) in [5.41, 5.74) is -0.391. The normalized spacial score (nSPS) is 19.6. The Kier molecular flexibility index (Phi) is 3.98. The van der Waals surface area contributed by atoms with Gasteiger partial charge in [-0.2, -0.15) is 0 Å². The lowest BCUT2D eigenvalue weighted by Crippen LogP contribution is -2.42. The molecule has 2 rings (SSSR count). The van der Waals surface area contributed by atoms with Gasteiger partial charge in [-0.05, 0) is 26.4 Å². The minimum Gasteiger partial charge on any atom is -0.373 e. The first-order valence-corrected chi connectivity index (χ1v) is 6.29. The number of carbonyl (C=O) groups is 1. The maximum atomic E-state index is 12.0. The summed E-state index contributed by atoms with van der Waals surface area (Å²) in [5.74, 6) is 0.154. The molecule has 1 aliphatic rings. The van der Waals surface area contributed by atoms with Crippen LogP contribution in [0.25, 0.3) is 0 Å². The number of carbonyl (C=O) groups excluding carboxylic acids is 1. The van der Waals surface area contributed by atoms with E-state index in [9.17, 15) is 9.59 Å². The van der Waals surface area contributed by atoms with Gasteiger partial charge in [0.05, 0.1) is 6.54 Å².